The summed E-state index contributed by atoms with van der Waals surface area (Å²) < 4.78 is 11.4. The van der Waals surface area contributed by atoms with Crippen LogP contribution in [0.15, 0.2) is 0 Å². The quantitative estimate of drug-likeness (QED) is 0.691. The van der Waals surface area contributed by atoms with Crippen LogP contribution in [0.2, 0.25) is 0 Å². The van der Waals surface area contributed by atoms with E-state index in [1.165, 1.54) is 0 Å². The molecule has 0 fully saturated rings. The Hall–Kier alpha value is 0.110. The van der Waals surface area contributed by atoms with Gasteiger partial charge in [0.2, 0.25) is 0 Å². The summed E-state index contributed by atoms with van der Waals surface area (Å²) in [4.78, 5) is 0. The van der Waals surface area contributed by atoms with Crippen LogP contribution in [0.25, 0.3) is 0 Å². The first-order valence-corrected chi connectivity index (χ1v) is 6.19. The summed E-state index contributed by atoms with van der Waals surface area (Å²) >= 11 is 0. The van der Waals surface area contributed by atoms with Crippen molar-refractivity contribution in [2.24, 2.45) is 11.7 Å². The molecule has 12 heavy (non-hydrogen) atoms. The van der Waals surface area contributed by atoms with Crippen LogP contribution in [0.3, 0.4) is 0 Å². The molecular formula is C9H21NOS. The van der Waals surface area contributed by atoms with Crippen LogP contribution >= 0.6 is 0 Å². The van der Waals surface area contributed by atoms with Gasteiger partial charge in [-0.05, 0) is 12.8 Å². The average Bonchev–Trinajstić information content (AvgIpc) is 1.98. The van der Waals surface area contributed by atoms with E-state index in [4.69, 9.17) is 5.73 Å². The van der Waals surface area contributed by atoms with Crippen molar-refractivity contribution in [1.82, 2.24) is 0 Å². The summed E-state index contributed by atoms with van der Waals surface area (Å²) in [6.45, 7) is 6.21. The lowest BCUT2D eigenvalue weighted by Gasteiger charge is -2.12. The van der Waals surface area contributed by atoms with Crippen molar-refractivity contribution in [3.63, 3.8) is 0 Å². The lowest BCUT2D eigenvalue weighted by Crippen LogP contribution is -2.25. The highest BCUT2D eigenvalue weighted by Crippen LogP contribution is 2.09. The molecule has 0 spiro atoms. The first kappa shape index (κ1) is 12.1. The van der Waals surface area contributed by atoms with Crippen LogP contribution in [0.1, 0.15) is 33.6 Å². The van der Waals surface area contributed by atoms with Crippen molar-refractivity contribution < 1.29 is 4.21 Å². The van der Waals surface area contributed by atoms with Crippen molar-refractivity contribution in [3.8, 4) is 0 Å². The van der Waals surface area contributed by atoms with E-state index in [1.807, 2.05) is 6.92 Å². The van der Waals surface area contributed by atoms with Gasteiger partial charge in [0.15, 0.2) is 0 Å². The summed E-state index contributed by atoms with van der Waals surface area (Å²) in [5.74, 6) is 2.09. The maximum atomic E-state index is 11.4. The second kappa shape index (κ2) is 6.61. The number of rotatable bonds is 6. The highest BCUT2D eigenvalue weighted by atomic mass is 32.2. The second-order valence-corrected chi connectivity index (χ2v) is 4.98. The monoisotopic (exact) mass is 191 g/mol. The molecule has 0 saturated carbocycles. The van der Waals surface area contributed by atoms with E-state index < -0.39 is 10.8 Å². The molecule has 0 bridgehead atoms. The van der Waals surface area contributed by atoms with E-state index in [9.17, 15) is 4.21 Å². The number of nitrogens with two attached hydrogens (primary N) is 1. The summed E-state index contributed by atoms with van der Waals surface area (Å²) in [5.41, 5.74) is 5.56. The Morgan fingerprint density at radius 2 is 1.75 bits per heavy atom. The van der Waals surface area contributed by atoms with Gasteiger partial charge in [0, 0.05) is 28.3 Å². The number of hydrogen-bond donors (Lipinski definition) is 1. The summed E-state index contributed by atoms with van der Waals surface area (Å²) in [7, 11) is -0.705. The molecule has 74 valence electrons. The van der Waals surface area contributed by atoms with Gasteiger partial charge in [-0.1, -0.05) is 26.7 Å². The third-order valence-electron chi connectivity index (χ3n) is 2.03. The van der Waals surface area contributed by atoms with E-state index in [-0.39, 0.29) is 6.04 Å². The third kappa shape index (κ3) is 5.72. The van der Waals surface area contributed by atoms with Crippen molar-refractivity contribution in [2.75, 3.05) is 11.5 Å². The molecule has 0 saturated heterocycles. The molecule has 0 rings (SSSR count). The fraction of sp³-hybridized carbons (Fsp3) is 1.00. The maximum Gasteiger partial charge on any atom is 0.0384 e. The molecule has 0 aromatic rings. The van der Waals surface area contributed by atoms with Crippen molar-refractivity contribution >= 4 is 10.8 Å². The van der Waals surface area contributed by atoms with Gasteiger partial charge < -0.3 is 5.73 Å². The lowest BCUT2D eigenvalue weighted by atomic mass is 10.1. The maximum absolute atomic E-state index is 11.4. The minimum Gasteiger partial charge on any atom is -0.327 e. The van der Waals surface area contributed by atoms with Gasteiger partial charge >= 0.3 is 0 Å². The normalized spacial score (nSPS) is 16.4. The molecule has 0 radical (unpaired) electrons. The molecule has 0 heterocycles. The highest BCUT2D eigenvalue weighted by Gasteiger charge is 2.09. The van der Waals surface area contributed by atoms with E-state index in [1.54, 1.807) is 0 Å². The molecule has 0 amide bonds. The zero-order chi connectivity index (χ0) is 9.56. The van der Waals surface area contributed by atoms with E-state index >= 15 is 0 Å². The molecule has 2 atom stereocenters. The Balaban J connectivity index is 3.66. The lowest BCUT2D eigenvalue weighted by molar-refractivity contribution is 0.544. The number of hydrogen-bond acceptors (Lipinski definition) is 2. The van der Waals surface area contributed by atoms with E-state index in [0.717, 1.165) is 18.6 Å². The standard InChI is InChI=1S/C9H21NOS/c1-4-9(5-2)7-12(11)6-8(3)10/h8-9H,4-7,10H2,1-3H3. The first-order chi connectivity index (χ1) is 5.60. The molecule has 3 heteroatoms. The molecule has 2 nitrogen and oxygen atoms in total. The van der Waals surface area contributed by atoms with Crippen molar-refractivity contribution in [2.45, 2.75) is 39.7 Å². The summed E-state index contributed by atoms with van der Waals surface area (Å²) in [6.07, 6.45) is 2.25. The van der Waals surface area contributed by atoms with E-state index in [2.05, 4.69) is 13.8 Å². The molecule has 0 aromatic carbocycles. The zero-order valence-corrected chi connectivity index (χ0v) is 9.19. The SMILES string of the molecule is CCC(CC)CS(=O)CC(C)N. The average molecular weight is 191 g/mol. The Bertz CT molecular complexity index is 132. The minimum atomic E-state index is -0.705. The Kier molecular flexibility index (Phi) is 6.67. The largest absolute Gasteiger partial charge is 0.327 e. The third-order valence-corrected chi connectivity index (χ3v) is 3.77. The fourth-order valence-corrected chi connectivity index (χ4v) is 2.87. The molecule has 0 aliphatic carbocycles. The van der Waals surface area contributed by atoms with Gasteiger partial charge in [-0.3, -0.25) is 4.21 Å². The second-order valence-electron chi connectivity index (χ2n) is 3.43. The van der Waals surface area contributed by atoms with E-state index in [0.29, 0.717) is 11.7 Å². The molecule has 0 aliphatic rings. The van der Waals surface area contributed by atoms with Gasteiger partial charge in [0.25, 0.3) is 0 Å². The van der Waals surface area contributed by atoms with Gasteiger partial charge in [-0.25, -0.2) is 0 Å². The van der Waals surface area contributed by atoms with Gasteiger partial charge in [0.05, 0.1) is 0 Å². The fourth-order valence-electron chi connectivity index (χ4n) is 1.15. The predicted molar refractivity (Wildman–Crippen MR) is 55.6 cm³/mol. The minimum absolute atomic E-state index is 0.0696. The zero-order valence-electron chi connectivity index (χ0n) is 8.38. The van der Waals surface area contributed by atoms with Crippen LogP contribution in [-0.2, 0) is 10.8 Å². The smallest absolute Gasteiger partial charge is 0.0384 e. The molecule has 0 aromatic heterocycles. The molecular weight excluding hydrogens is 170 g/mol. The van der Waals surface area contributed by atoms with Crippen LogP contribution < -0.4 is 5.73 Å². The summed E-state index contributed by atoms with van der Waals surface area (Å²) in [6, 6.07) is 0.0696. The highest BCUT2D eigenvalue weighted by molar-refractivity contribution is 7.85. The molecule has 2 unspecified atom stereocenters. The van der Waals surface area contributed by atoms with Crippen LogP contribution in [-0.4, -0.2) is 21.8 Å². The van der Waals surface area contributed by atoms with Gasteiger partial charge in [-0.15, -0.1) is 0 Å². The van der Waals surface area contributed by atoms with Crippen molar-refractivity contribution in [3.05, 3.63) is 0 Å². The van der Waals surface area contributed by atoms with Crippen LogP contribution in [0.4, 0.5) is 0 Å². The van der Waals surface area contributed by atoms with Gasteiger partial charge in [-0.2, -0.15) is 0 Å². The van der Waals surface area contributed by atoms with Crippen LogP contribution in [0, 0.1) is 5.92 Å². The first-order valence-electron chi connectivity index (χ1n) is 4.70. The van der Waals surface area contributed by atoms with Crippen molar-refractivity contribution in [1.29, 1.82) is 0 Å². The Morgan fingerprint density at radius 3 is 2.08 bits per heavy atom. The predicted octanol–water partition coefficient (Wildman–Crippen LogP) is 1.52. The summed E-state index contributed by atoms with van der Waals surface area (Å²) in [5, 5.41) is 0. The Labute approximate surface area is 78.4 Å². The molecule has 2 N–H and O–H groups in total. The molecule has 0 aliphatic heterocycles. The Morgan fingerprint density at radius 1 is 1.25 bits per heavy atom. The van der Waals surface area contributed by atoms with Crippen LogP contribution in [0.5, 0.6) is 0 Å². The van der Waals surface area contributed by atoms with Gasteiger partial charge in [0.1, 0.15) is 0 Å². The topological polar surface area (TPSA) is 43.1 Å².